The van der Waals surface area contributed by atoms with Gasteiger partial charge in [-0.1, -0.05) is 41.9 Å². The van der Waals surface area contributed by atoms with E-state index in [1.807, 2.05) is 43.3 Å². The van der Waals surface area contributed by atoms with E-state index in [0.29, 0.717) is 11.4 Å². The summed E-state index contributed by atoms with van der Waals surface area (Å²) in [7, 11) is -4.01. The van der Waals surface area contributed by atoms with Gasteiger partial charge in [0.2, 0.25) is 0 Å². The van der Waals surface area contributed by atoms with E-state index in [-0.39, 0.29) is 15.5 Å². The molecule has 0 saturated heterocycles. The number of para-hydroxylation sites is 1. The fourth-order valence-electron chi connectivity index (χ4n) is 4.44. The highest BCUT2D eigenvalue weighted by atomic mass is 35.5. The minimum atomic E-state index is -4.01. The summed E-state index contributed by atoms with van der Waals surface area (Å²) in [5, 5.41) is 5.06. The van der Waals surface area contributed by atoms with E-state index in [2.05, 4.69) is 33.7 Å². The first-order valence-corrected chi connectivity index (χ1v) is 13.3. The molecule has 1 heterocycles. The molecule has 0 unspecified atom stereocenters. The zero-order valence-corrected chi connectivity index (χ0v) is 21.3. The lowest BCUT2D eigenvalue weighted by Gasteiger charge is -2.12. The van der Waals surface area contributed by atoms with Crippen LogP contribution in [-0.2, 0) is 16.6 Å². The number of rotatable bonds is 6. The van der Waals surface area contributed by atoms with E-state index < -0.39 is 15.9 Å². The van der Waals surface area contributed by atoms with Crippen LogP contribution < -0.4 is 10.0 Å². The number of aryl methyl sites for hydroxylation is 2. The number of hydrogen-bond acceptors (Lipinski definition) is 3. The van der Waals surface area contributed by atoms with E-state index in [9.17, 15) is 13.2 Å². The molecule has 1 aromatic heterocycles. The average Bonchev–Trinajstić information content (AvgIpc) is 3.17. The molecule has 0 fully saturated rings. The number of amides is 1. The number of aromatic nitrogens is 1. The van der Waals surface area contributed by atoms with Gasteiger partial charge < -0.3 is 9.88 Å². The van der Waals surface area contributed by atoms with E-state index in [1.165, 1.54) is 18.2 Å². The summed E-state index contributed by atoms with van der Waals surface area (Å²) in [6.45, 7) is 4.79. The van der Waals surface area contributed by atoms with Crippen LogP contribution in [0.15, 0.2) is 89.8 Å². The van der Waals surface area contributed by atoms with Gasteiger partial charge in [0, 0.05) is 45.3 Å². The Bertz CT molecular complexity index is 1740. The van der Waals surface area contributed by atoms with E-state index >= 15 is 0 Å². The molecule has 0 bridgehead atoms. The van der Waals surface area contributed by atoms with Crippen LogP contribution >= 0.6 is 11.6 Å². The molecule has 182 valence electrons. The average molecular weight is 518 g/mol. The molecule has 4 aromatic carbocycles. The fraction of sp³-hybridized carbons (Fsp3) is 0.107. The van der Waals surface area contributed by atoms with Gasteiger partial charge in [-0.25, -0.2) is 8.42 Å². The van der Waals surface area contributed by atoms with Gasteiger partial charge in [0.15, 0.2) is 0 Å². The number of sulfonamides is 1. The molecular weight excluding hydrogens is 494 g/mol. The Morgan fingerprint density at radius 1 is 0.861 bits per heavy atom. The predicted molar refractivity (Wildman–Crippen MR) is 147 cm³/mol. The van der Waals surface area contributed by atoms with Gasteiger partial charge in [-0.3, -0.25) is 9.52 Å². The highest BCUT2D eigenvalue weighted by molar-refractivity contribution is 7.92. The second-order valence-electron chi connectivity index (χ2n) is 8.57. The molecular formula is C28H24ClN3O3S. The summed E-state index contributed by atoms with van der Waals surface area (Å²) in [6, 6.07) is 25.1. The second kappa shape index (κ2) is 9.33. The molecule has 0 spiro atoms. The highest BCUT2D eigenvalue weighted by Gasteiger charge is 2.21. The summed E-state index contributed by atoms with van der Waals surface area (Å²) in [6.07, 6.45) is 0. The third-order valence-electron chi connectivity index (χ3n) is 6.10. The Kier molecular flexibility index (Phi) is 6.20. The maximum atomic E-state index is 13.1. The second-order valence-corrected chi connectivity index (χ2v) is 10.6. The number of anilines is 2. The zero-order chi connectivity index (χ0) is 25.4. The SMILES string of the molecule is CCn1c2ccccc2c2cc(NC(=O)c3ccc(Cl)c(S(=O)(=O)Nc4cccc(C)c4)c3)ccc21. The number of nitrogens with zero attached hydrogens (tertiary/aromatic N) is 1. The summed E-state index contributed by atoms with van der Waals surface area (Å²) < 4.78 is 30.8. The molecule has 6 nitrogen and oxygen atoms in total. The van der Waals surface area contributed by atoms with Gasteiger partial charge >= 0.3 is 0 Å². The minimum Gasteiger partial charge on any atom is -0.341 e. The molecule has 2 N–H and O–H groups in total. The lowest BCUT2D eigenvalue weighted by atomic mass is 10.1. The maximum absolute atomic E-state index is 13.1. The van der Waals surface area contributed by atoms with Crippen LogP contribution in [0.1, 0.15) is 22.8 Å². The molecule has 5 aromatic rings. The molecule has 0 aliphatic rings. The van der Waals surface area contributed by atoms with Crippen LogP contribution in [-0.4, -0.2) is 18.9 Å². The number of benzene rings is 4. The fourth-order valence-corrected chi connectivity index (χ4v) is 6.02. The van der Waals surface area contributed by atoms with Gasteiger partial charge in [-0.05, 0) is 74.0 Å². The monoisotopic (exact) mass is 517 g/mol. The Balaban J connectivity index is 1.45. The van der Waals surface area contributed by atoms with Crippen molar-refractivity contribution in [1.82, 2.24) is 4.57 Å². The van der Waals surface area contributed by atoms with E-state index in [0.717, 1.165) is 33.9 Å². The molecule has 5 rings (SSSR count). The van der Waals surface area contributed by atoms with Crippen molar-refractivity contribution >= 4 is 60.7 Å². The third-order valence-corrected chi connectivity index (χ3v) is 7.96. The van der Waals surface area contributed by atoms with Crippen molar-refractivity contribution in [3.05, 3.63) is 101 Å². The molecule has 0 aliphatic heterocycles. The van der Waals surface area contributed by atoms with Gasteiger partial charge in [0.05, 0.1) is 5.02 Å². The standard InChI is InChI=1S/C28H24ClN3O3S/c1-3-32-25-10-5-4-9-22(25)23-17-20(12-14-26(23)32)30-28(33)19-11-13-24(29)27(16-19)36(34,35)31-21-8-6-7-18(2)15-21/h4-17,31H,3H2,1-2H3,(H,30,33). The molecule has 8 heteroatoms. The summed E-state index contributed by atoms with van der Waals surface area (Å²) in [4.78, 5) is 12.9. The van der Waals surface area contributed by atoms with Crippen LogP contribution in [0.25, 0.3) is 21.8 Å². The Labute approximate surface area is 214 Å². The van der Waals surface area contributed by atoms with Gasteiger partial charge in [0.25, 0.3) is 15.9 Å². The Morgan fingerprint density at radius 3 is 2.42 bits per heavy atom. The molecule has 0 aliphatic carbocycles. The summed E-state index contributed by atoms with van der Waals surface area (Å²) in [5.41, 5.74) is 4.34. The van der Waals surface area contributed by atoms with Gasteiger partial charge in [0.1, 0.15) is 4.90 Å². The molecule has 1 amide bonds. The maximum Gasteiger partial charge on any atom is 0.263 e. The summed E-state index contributed by atoms with van der Waals surface area (Å²) >= 11 is 6.23. The normalized spacial score (nSPS) is 11.6. The number of hydrogen-bond donors (Lipinski definition) is 2. The summed E-state index contributed by atoms with van der Waals surface area (Å²) in [5.74, 6) is -0.433. The number of carbonyl (C=O) groups excluding carboxylic acids is 1. The van der Waals surface area contributed by atoms with Gasteiger partial charge in [-0.2, -0.15) is 0 Å². The zero-order valence-electron chi connectivity index (χ0n) is 19.7. The van der Waals surface area contributed by atoms with Crippen molar-refractivity contribution in [2.24, 2.45) is 0 Å². The molecule has 0 radical (unpaired) electrons. The van der Waals surface area contributed by atoms with Crippen molar-refractivity contribution in [2.45, 2.75) is 25.3 Å². The van der Waals surface area contributed by atoms with E-state index in [1.54, 1.807) is 18.2 Å². The number of halogens is 1. The lowest BCUT2D eigenvalue weighted by Crippen LogP contribution is -2.16. The molecule has 0 saturated carbocycles. The van der Waals surface area contributed by atoms with Crippen LogP contribution in [0.3, 0.4) is 0 Å². The van der Waals surface area contributed by atoms with Crippen molar-refractivity contribution in [2.75, 3.05) is 10.0 Å². The van der Waals surface area contributed by atoms with Gasteiger partial charge in [-0.15, -0.1) is 0 Å². The van der Waals surface area contributed by atoms with Crippen molar-refractivity contribution in [3.8, 4) is 0 Å². The minimum absolute atomic E-state index is 0.0282. The van der Waals surface area contributed by atoms with Crippen LogP contribution in [0.2, 0.25) is 5.02 Å². The smallest absolute Gasteiger partial charge is 0.263 e. The van der Waals surface area contributed by atoms with E-state index in [4.69, 9.17) is 11.6 Å². The van der Waals surface area contributed by atoms with Crippen molar-refractivity contribution in [1.29, 1.82) is 0 Å². The highest BCUT2D eigenvalue weighted by Crippen LogP contribution is 2.31. The lowest BCUT2D eigenvalue weighted by molar-refractivity contribution is 0.102. The first kappa shape index (κ1) is 23.9. The first-order chi connectivity index (χ1) is 17.3. The van der Waals surface area contributed by atoms with Crippen LogP contribution in [0.5, 0.6) is 0 Å². The Hall–Kier alpha value is -3.81. The van der Waals surface area contributed by atoms with Crippen LogP contribution in [0, 0.1) is 6.92 Å². The third kappa shape index (κ3) is 4.43. The Morgan fingerprint density at radius 2 is 1.64 bits per heavy atom. The molecule has 0 atom stereocenters. The number of carbonyl (C=O) groups is 1. The van der Waals surface area contributed by atoms with Crippen LogP contribution in [0.4, 0.5) is 11.4 Å². The molecule has 36 heavy (non-hydrogen) atoms. The number of fused-ring (bicyclic) bond motifs is 3. The predicted octanol–water partition coefficient (Wildman–Crippen LogP) is 6.83. The quantitative estimate of drug-likeness (QED) is 0.259. The largest absolute Gasteiger partial charge is 0.341 e. The topological polar surface area (TPSA) is 80.2 Å². The number of nitrogens with one attached hydrogen (secondary N) is 2. The van der Waals surface area contributed by atoms with Crippen molar-refractivity contribution < 1.29 is 13.2 Å². The van der Waals surface area contributed by atoms with Crippen molar-refractivity contribution in [3.63, 3.8) is 0 Å². The first-order valence-electron chi connectivity index (χ1n) is 11.5.